The number of carbonyl (C=O) groups is 2. The topological polar surface area (TPSA) is 90.5 Å². The molecule has 24 heavy (non-hydrogen) atoms. The summed E-state index contributed by atoms with van der Waals surface area (Å²) < 4.78 is 0. The van der Waals surface area contributed by atoms with Crippen LogP contribution in [-0.2, 0) is 4.79 Å². The van der Waals surface area contributed by atoms with Gasteiger partial charge < -0.3 is 21.1 Å². The number of hydrogen-bond acceptors (Lipinski definition) is 3. The van der Waals surface area contributed by atoms with E-state index in [9.17, 15) is 9.59 Å². The van der Waals surface area contributed by atoms with E-state index in [1.165, 1.54) is 5.56 Å². The molecule has 6 nitrogen and oxygen atoms in total. The molecule has 0 radical (unpaired) electrons. The molecule has 0 saturated carbocycles. The molecule has 134 valence electrons. The molecule has 0 fully saturated rings. The maximum atomic E-state index is 11.8. The summed E-state index contributed by atoms with van der Waals surface area (Å²) in [5.74, 6) is -0.926. The van der Waals surface area contributed by atoms with Crippen LogP contribution in [0.5, 0.6) is 0 Å². The molecule has 4 N–H and O–H groups in total. The second kappa shape index (κ2) is 9.93. The van der Waals surface area contributed by atoms with Gasteiger partial charge in [-0.1, -0.05) is 44.2 Å². The number of carboxylic acids is 1. The molecule has 0 heterocycles. The third kappa shape index (κ3) is 6.58. The number of carbonyl (C=O) groups excluding carboxylic acids is 1. The normalized spacial score (nSPS) is 12.5. The van der Waals surface area contributed by atoms with Crippen LogP contribution >= 0.6 is 0 Å². The second-order valence-corrected chi connectivity index (χ2v) is 6.02. The van der Waals surface area contributed by atoms with Gasteiger partial charge in [-0.15, -0.1) is 0 Å². The fraction of sp³-hybridized carbons (Fsp3) is 0.556. The summed E-state index contributed by atoms with van der Waals surface area (Å²) in [6.45, 7) is 6.91. The van der Waals surface area contributed by atoms with Crippen LogP contribution in [-0.4, -0.2) is 35.7 Å². The van der Waals surface area contributed by atoms with Gasteiger partial charge in [0, 0.05) is 24.7 Å². The van der Waals surface area contributed by atoms with Gasteiger partial charge in [-0.3, -0.25) is 4.79 Å². The minimum atomic E-state index is -0.926. The lowest BCUT2D eigenvalue weighted by molar-refractivity contribution is -0.136. The molecule has 0 aliphatic carbocycles. The van der Waals surface area contributed by atoms with Gasteiger partial charge in [0.05, 0.1) is 6.42 Å². The summed E-state index contributed by atoms with van der Waals surface area (Å²) in [4.78, 5) is 22.3. The van der Waals surface area contributed by atoms with Gasteiger partial charge in [0.2, 0.25) is 0 Å². The van der Waals surface area contributed by atoms with Crippen molar-refractivity contribution in [2.75, 3.05) is 13.1 Å². The first-order valence-electron chi connectivity index (χ1n) is 8.48. The van der Waals surface area contributed by atoms with Crippen molar-refractivity contribution in [1.29, 1.82) is 0 Å². The summed E-state index contributed by atoms with van der Waals surface area (Å²) in [6, 6.07) is 10.0. The van der Waals surface area contributed by atoms with Crippen LogP contribution in [0.3, 0.4) is 0 Å². The van der Waals surface area contributed by atoms with Crippen molar-refractivity contribution in [1.82, 2.24) is 16.0 Å². The van der Waals surface area contributed by atoms with Crippen LogP contribution in [0.2, 0.25) is 0 Å². The van der Waals surface area contributed by atoms with Crippen molar-refractivity contribution < 1.29 is 14.7 Å². The number of rotatable bonds is 10. The van der Waals surface area contributed by atoms with Crippen LogP contribution in [0.15, 0.2) is 30.3 Å². The van der Waals surface area contributed by atoms with Gasteiger partial charge in [-0.25, -0.2) is 4.79 Å². The second-order valence-electron chi connectivity index (χ2n) is 6.02. The first-order valence-corrected chi connectivity index (χ1v) is 8.48. The molecule has 1 aromatic carbocycles. The average molecular weight is 335 g/mol. The smallest absolute Gasteiger partial charge is 0.314 e. The van der Waals surface area contributed by atoms with E-state index in [2.05, 4.69) is 48.9 Å². The molecule has 1 aromatic rings. The van der Waals surface area contributed by atoms with Crippen LogP contribution in [0, 0.1) is 0 Å². The number of nitrogens with one attached hydrogen (secondary N) is 3. The molecule has 0 spiro atoms. The zero-order valence-electron chi connectivity index (χ0n) is 14.8. The van der Waals surface area contributed by atoms with E-state index in [0.29, 0.717) is 6.54 Å². The molecule has 1 unspecified atom stereocenters. The molecular weight excluding hydrogens is 306 g/mol. The zero-order chi connectivity index (χ0) is 18.0. The lowest BCUT2D eigenvalue weighted by Gasteiger charge is -2.36. The number of hydrogen-bond donors (Lipinski definition) is 4. The van der Waals surface area contributed by atoms with E-state index < -0.39 is 5.97 Å². The van der Waals surface area contributed by atoms with Crippen LogP contribution < -0.4 is 16.0 Å². The summed E-state index contributed by atoms with van der Waals surface area (Å²) in [5, 5.41) is 17.6. The SMILES string of the molecule is CCC(CC)(CNC(=O)NCCC(=O)O)NC(C)c1ccccc1. The highest BCUT2D eigenvalue weighted by atomic mass is 16.4. The zero-order valence-corrected chi connectivity index (χ0v) is 14.8. The van der Waals surface area contributed by atoms with E-state index in [4.69, 9.17) is 5.11 Å². The highest BCUT2D eigenvalue weighted by Gasteiger charge is 2.28. The number of amides is 2. The summed E-state index contributed by atoms with van der Waals surface area (Å²) in [5.41, 5.74) is 0.994. The standard InChI is InChI=1S/C18H29N3O3/c1-4-18(5-2,13-20-17(24)19-12-11-16(22)23)21-14(3)15-9-7-6-8-10-15/h6-10,14,21H,4-5,11-13H2,1-3H3,(H,22,23)(H2,19,20,24). The van der Waals surface area contributed by atoms with E-state index >= 15 is 0 Å². The molecule has 0 aromatic heterocycles. The van der Waals surface area contributed by atoms with Gasteiger partial charge >= 0.3 is 12.0 Å². The Kier molecular flexibility index (Phi) is 8.26. The summed E-state index contributed by atoms with van der Waals surface area (Å²) in [6.07, 6.45) is 1.66. The van der Waals surface area contributed by atoms with Gasteiger partial charge in [-0.2, -0.15) is 0 Å². The third-order valence-corrected chi connectivity index (χ3v) is 4.39. The monoisotopic (exact) mass is 335 g/mol. The highest BCUT2D eigenvalue weighted by Crippen LogP contribution is 2.21. The van der Waals surface area contributed by atoms with Gasteiger partial charge in [0.1, 0.15) is 0 Å². The Morgan fingerprint density at radius 2 is 1.75 bits per heavy atom. The van der Waals surface area contributed by atoms with Crippen molar-refractivity contribution in [2.24, 2.45) is 0 Å². The molecular formula is C18H29N3O3. The molecule has 1 atom stereocenters. The number of carboxylic acid groups (broad SMARTS) is 1. The van der Waals surface area contributed by atoms with Crippen LogP contribution in [0.25, 0.3) is 0 Å². The fourth-order valence-electron chi connectivity index (χ4n) is 2.63. The minimum absolute atomic E-state index is 0.0800. The van der Waals surface area contributed by atoms with Crippen molar-refractivity contribution in [3.8, 4) is 0 Å². The van der Waals surface area contributed by atoms with Crippen molar-refractivity contribution in [3.63, 3.8) is 0 Å². The van der Waals surface area contributed by atoms with Crippen LogP contribution in [0.1, 0.15) is 51.6 Å². The molecule has 0 saturated heterocycles. The van der Waals surface area contributed by atoms with Gasteiger partial charge in [-0.05, 0) is 25.3 Å². The summed E-state index contributed by atoms with van der Waals surface area (Å²) in [7, 11) is 0. The average Bonchev–Trinajstić information content (AvgIpc) is 2.59. The fourth-order valence-corrected chi connectivity index (χ4v) is 2.63. The number of urea groups is 1. The molecule has 2 amide bonds. The van der Waals surface area contributed by atoms with Crippen LogP contribution in [0.4, 0.5) is 4.79 Å². The van der Waals surface area contributed by atoms with Crippen molar-refractivity contribution in [2.45, 2.75) is 51.6 Å². The number of benzene rings is 1. The van der Waals surface area contributed by atoms with E-state index in [1.54, 1.807) is 0 Å². The highest BCUT2D eigenvalue weighted by molar-refractivity contribution is 5.75. The van der Waals surface area contributed by atoms with Gasteiger partial charge in [0.15, 0.2) is 0 Å². The predicted molar refractivity (Wildman–Crippen MR) is 95.0 cm³/mol. The largest absolute Gasteiger partial charge is 0.481 e. The van der Waals surface area contributed by atoms with E-state index in [1.807, 2.05) is 18.2 Å². The van der Waals surface area contributed by atoms with E-state index in [0.717, 1.165) is 12.8 Å². The molecule has 0 bridgehead atoms. The number of aliphatic carboxylic acids is 1. The van der Waals surface area contributed by atoms with Crippen molar-refractivity contribution >= 4 is 12.0 Å². The third-order valence-electron chi connectivity index (χ3n) is 4.39. The lowest BCUT2D eigenvalue weighted by atomic mass is 9.90. The Bertz CT molecular complexity index is 516. The molecule has 1 rings (SSSR count). The molecule has 0 aliphatic heterocycles. The minimum Gasteiger partial charge on any atom is -0.481 e. The first kappa shape index (κ1) is 20.0. The van der Waals surface area contributed by atoms with E-state index in [-0.39, 0.29) is 30.6 Å². The predicted octanol–water partition coefficient (Wildman–Crippen LogP) is 2.67. The Balaban J connectivity index is 2.57. The van der Waals surface area contributed by atoms with Gasteiger partial charge in [0.25, 0.3) is 0 Å². The molecule has 0 aliphatic rings. The Hall–Kier alpha value is -2.08. The van der Waals surface area contributed by atoms with Crippen molar-refractivity contribution in [3.05, 3.63) is 35.9 Å². The molecule has 6 heteroatoms. The maximum Gasteiger partial charge on any atom is 0.314 e. The Morgan fingerprint density at radius 3 is 2.29 bits per heavy atom. The quantitative estimate of drug-likeness (QED) is 0.529. The first-order chi connectivity index (χ1) is 11.4. The Labute approximate surface area is 144 Å². The maximum absolute atomic E-state index is 11.8. The summed E-state index contributed by atoms with van der Waals surface area (Å²) >= 11 is 0. The lowest BCUT2D eigenvalue weighted by Crippen LogP contribution is -2.55. The Morgan fingerprint density at radius 1 is 1.12 bits per heavy atom.